The molecule has 0 aliphatic heterocycles. The Morgan fingerprint density at radius 2 is 2.25 bits per heavy atom. The largest absolute Gasteiger partial charge is 0.478 e. The van der Waals surface area contributed by atoms with Crippen molar-refractivity contribution in [1.82, 2.24) is 0 Å². The zero-order chi connectivity index (χ0) is 9.14. The highest BCUT2D eigenvalue weighted by Crippen LogP contribution is 2.22. The van der Waals surface area contributed by atoms with Gasteiger partial charge in [0, 0.05) is 8.47 Å². The zero-order valence-corrected chi connectivity index (χ0v) is 9.35. The van der Waals surface area contributed by atoms with E-state index in [0.29, 0.717) is 5.56 Å². The molecule has 64 valence electrons. The van der Waals surface area contributed by atoms with Crippen LogP contribution in [0.4, 0.5) is 0 Å². The minimum atomic E-state index is -0.874. The monoisotopic (exact) mass is 294 g/mol. The fourth-order valence-electron chi connectivity index (χ4n) is 0.799. The molecule has 2 nitrogen and oxygen atoms in total. The van der Waals surface area contributed by atoms with Crippen LogP contribution in [-0.4, -0.2) is 17.3 Å². The Morgan fingerprint density at radius 1 is 1.58 bits per heavy atom. The van der Waals surface area contributed by atoms with E-state index in [1.807, 2.05) is 12.3 Å². The first kappa shape index (κ1) is 9.85. The van der Waals surface area contributed by atoms with E-state index in [9.17, 15) is 4.79 Å². The lowest BCUT2D eigenvalue weighted by Gasteiger charge is -2.00. The molecule has 0 amide bonds. The highest BCUT2D eigenvalue weighted by molar-refractivity contribution is 14.1. The maximum Gasteiger partial charge on any atom is 0.335 e. The van der Waals surface area contributed by atoms with Crippen LogP contribution in [0.25, 0.3) is 0 Å². The van der Waals surface area contributed by atoms with E-state index in [1.165, 1.54) is 0 Å². The summed E-state index contributed by atoms with van der Waals surface area (Å²) in [6, 6.07) is 5.13. The summed E-state index contributed by atoms with van der Waals surface area (Å²) in [6.45, 7) is 0. The molecular formula is C8H7IO2S. The molecular weight excluding hydrogens is 287 g/mol. The molecule has 0 aromatic heterocycles. The van der Waals surface area contributed by atoms with Crippen molar-refractivity contribution in [3.8, 4) is 0 Å². The van der Waals surface area contributed by atoms with Crippen molar-refractivity contribution in [2.45, 2.75) is 4.90 Å². The molecule has 0 radical (unpaired) electrons. The fraction of sp³-hybridized carbons (Fsp3) is 0.125. The van der Waals surface area contributed by atoms with Gasteiger partial charge in [0.15, 0.2) is 0 Å². The smallest absolute Gasteiger partial charge is 0.335 e. The Bertz CT molecular complexity index is 312. The number of carbonyl (C=O) groups is 1. The minimum absolute atomic E-state index is 0.345. The molecule has 1 aromatic carbocycles. The van der Waals surface area contributed by atoms with E-state index >= 15 is 0 Å². The van der Waals surface area contributed by atoms with Gasteiger partial charge < -0.3 is 5.11 Å². The number of aromatic carboxylic acids is 1. The van der Waals surface area contributed by atoms with Gasteiger partial charge in [-0.3, -0.25) is 0 Å². The van der Waals surface area contributed by atoms with Crippen molar-refractivity contribution >= 4 is 40.3 Å². The van der Waals surface area contributed by atoms with Gasteiger partial charge in [-0.25, -0.2) is 4.79 Å². The highest BCUT2D eigenvalue weighted by atomic mass is 127. The van der Waals surface area contributed by atoms with Gasteiger partial charge in [-0.05, 0) is 47.0 Å². The van der Waals surface area contributed by atoms with Crippen LogP contribution in [0.5, 0.6) is 0 Å². The number of rotatable bonds is 2. The molecule has 12 heavy (non-hydrogen) atoms. The predicted molar refractivity (Wildman–Crippen MR) is 57.9 cm³/mol. The average Bonchev–Trinajstić information content (AvgIpc) is 2.04. The predicted octanol–water partition coefficient (Wildman–Crippen LogP) is 2.71. The van der Waals surface area contributed by atoms with Gasteiger partial charge in [-0.1, -0.05) is 0 Å². The summed E-state index contributed by atoms with van der Waals surface area (Å²) in [7, 11) is 0. The Hall–Kier alpha value is -0.230. The molecule has 0 atom stereocenters. The van der Waals surface area contributed by atoms with Gasteiger partial charge in [0.2, 0.25) is 0 Å². The van der Waals surface area contributed by atoms with Crippen LogP contribution in [0, 0.1) is 3.57 Å². The molecule has 0 aliphatic rings. The number of hydrogen-bond acceptors (Lipinski definition) is 2. The third kappa shape index (κ3) is 2.13. The van der Waals surface area contributed by atoms with E-state index < -0.39 is 5.97 Å². The molecule has 0 saturated carbocycles. The summed E-state index contributed by atoms with van der Waals surface area (Å²) in [5, 5.41) is 8.66. The lowest BCUT2D eigenvalue weighted by Crippen LogP contribution is -1.96. The quantitative estimate of drug-likeness (QED) is 0.673. The van der Waals surface area contributed by atoms with Crippen LogP contribution in [0.15, 0.2) is 23.1 Å². The molecule has 1 N–H and O–H groups in total. The maximum atomic E-state index is 10.5. The van der Waals surface area contributed by atoms with Gasteiger partial charge in [0.25, 0.3) is 0 Å². The average molecular weight is 294 g/mol. The summed E-state index contributed by atoms with van der Waals surface area (Å²) in [5.41, 5.74) is 0.345. The van der Waals surface area contributed by atoms with Gasteiger partial charge in [-0.2, -0.15) is 0 Å². The number of halogens is 1. The van der Waals surface area contributed by atoms with Crippen LogP contribution in [-0.2, 0) is 0 Å². The zero-order valence-electron chi connectivity index (χ0n) is 6.37. The Morgan fingerprint density at radius 3 is 2.67 bits per heavy atom. The van der Waals surface area contributed by atoms with Crippen molar-refractivity contribution in [3.05, 3.63) is 27.3 Å². The molecule has 0 spiro atoms. The molecule has 0 aliphatic carbocycles. The number of thioether (sulfide) groups is 1. The molecule has 1 rings (SSSR count). The number of hydrogen-bond donors (Lipinski definition) is 1. The number of carboxylic acid groups (broad SMARTS) is 1. The topological polar surface area (TPSA) is 37.3 Å². The normalized spacial score (nSPS) is 9.83. The lowest BCUT2D eigenvalue weighted by molar-refractivity contribution is 0.0696. The van der Waals surface area contributed by atoms with Crippen molar-refractivity contribution in [1.29, 1.82) is 0 Å². The second kappa shape index (κ2) is 4.13. The van der Waals surface area contributed by atoms with Gasteiger partial charge >= 0.3 is 5.97 Å². The van der Waals surface area contributed by atoms with Crippen molar-refractivity contribution in [3.63, 3.8) is 0 Å². The molecule has 4 heteroatoms. The molecule has 0 bridgehead atoms. The van der Waals surface area contributed by atoms with Crippen molar-refractivity contribution in [2.75, 3.05) is 6.26 Å². The first-order valence-corrected chi connectivity index (χ1v) is 5.52. The second-order valence-corrected chi connectivity index (χ2v) is 4.16. The minimum Gasteiger partial charge on any atom is -0.478 e. The molecule has 0 fully saturated rings. The summed E-state index contributed by atoms with van der Waals surface area (Å²) < 4.78 is 0.986. The van der Waals surface area contributed by atoms with Crippen molar-refractivity contribution < 1.29 is 9.90 Å². The van der Waals surface area contributed by atoms with E-state index in [0.717, 1.165) is 8.47 Å². The maximum absolute atomic E-state index is 10.5. The van der Waals surface area contributed by atoms with Crippen LogP contribution in [0.2, 0.25) is 0 Å². The third-order valence-corrected chi connectivity index (χ3v) is 3.45. The summed E-state index contributed by atoms with van der Waals surface area (Å²) >= 11 is 3.75. The second-order valence-electron chi connectivity index (χ2n) is 2.15. The first-order valence-electron chi connectivity index (χ1n) is 3.22. The molecule has 0 unspecified atom stereocenters. The Kier molecular flexibility index (Phi) is 3.39. The van der Waals surface area contributed by atoms with E-state index in [4.69, 9.17) is 5.11 Å². The van der Waals surface area contributed by atoms with Crippen LogP contribution in [0.1, 0.15) is 10.4 Å². The van der Waals surface area contributed by atoms with E-state index in [-0.39, 0.29) is 0 Å². The first-order chi connectivity index (χ1) is 5.65. The third-order valence-electron chi connectivity index (χ3n) is 1.40. The Balaban J connectivity index is 3.10. The van der Waals surface area contributed by atoms with Gasteiger partial charge in [0.1, 0.15) is 0 Å². The van der Waals surface area contributed by atoms with Crippen LogP contribution >= 0.6 is 34.4 Å². The summed E-state index contributed by atoms with van der Waals surface area (Å²) in [4.78, 5) is 11.7. The van der Waals surface area contributed by atoms with Crippen molar-refractivity contribution in [2.24, 2.45) is 0 Å². The Labute approximate surface area is 88.5 Å². The number of benzene rings is 1. The summed E-state index contributed by atoms with van der Waals surface area (Å²) in [5.74, 6) is -0.874. The van der Waals surface area contributed by atoms with E-state index in [2.05, 4.69) is 22.6 Å². The molecule has 0 saturated heterocycles. The molecule has 0 heterocycles. The SMILES string of the molecule is CSc1ccc(C(=O)O)cc1I. The lowest BCUT2D eigenvalue weighted by atomic mass is 10.2. The molecule has 1 aromatic rings. The standard InChI is InChI=1S/C8H7IO2S/c1-12-7-3-2-5(8(10)11)4-6(7)9/h2-4H,1H3,(H,10,11). The van der Waals surface area contributed by atoms with Crippen LogP contribution in [0.3, 0.4) is 0 Å². The highest BCUT2D eigenvalue weighted by Gasteiger charge is 2.04. The number of carboxylic acids is 1. The fourth-order valence-corrected chi connectivity index (χ4v) is 2.43. The van der Waals surface area contributed by atoms with E-state index in [1.54, 1.807) is 23.9 Å². The van der Waals surface area contributed by atoms with Gasteiger partial charge in [0.05, 0.1) is 5.56 Å². The van der Waals surface area contributed by atoms with Gasteiger partial charge in [-0.15, -0.1) is 11.8 Å². The van der Waals surface area contributed by atoms with Crippen LogP contribution < -0.4 is 0 Å². The summed E-state index contributed by atoms with van der Waals surface area (Å²) in [6.07, 6.45) is 1.97.